The van der Waals surface area contributed by atoms with Gasteiger partial charge >= 0.3 is 0 Å². The van der Waals surface area contributed by atoms with E-state index in [0.29, 0.717) is 6.54 Å². The molecule has 6 nitrogen and oxygen atoms in total. The third-order valence-corrected chi connectivity index (χ3v) is 5.74. The van der Waals surface area contributed by atoms with Crippen molar-refractivity contribution < 1.29 is 17.9 Å². The predicted octanol–water partition coefficient (Wildman–Crippen LogP) is 3.05. The smallest absolute Gasteiger partial charge is 0.261 e. The van der Waals surface area contributed by atoms with Gasteiger partial charge in [-0.1, -0.05) is 29.8 Å². The van der Waals surface area contributed by atoms with Crippen LogP contribution in [-0.4, -0.2) is 33.6 Å². The number of hydrogen-bond donors (Lipinski definition) is 2. The molecule has 3 rings (SSSR count). The van der Waals surface area contributed by atoms with Crippen molar-refractivity contribution in [3.63, 3.8) is 0 Å². The lowest BCUT2D eigenvalue weighted by molar-refractivity contribution is 0.0858. The molecule has 0 bridgehead atoms. The summed E-state index contributed by atoms with van der Waals surface area (Å²) in [5.41, 5.74) is 0.571. The van der Waals surface area contributed by atoms with Gasteiger partial charge in [-0.05, 0) is 43.2 Å². The van der Waals surface area contributed by atoms with Crippen LogP contribution < -0.4 is 10.0 Å². The number of rotatable bonds is 6. The topological polar surface area (TPSA) is 84.5 Å². The van der Waals surface area contributed by atoms with Gasteiger partial charge in [0.15, 0.2) is 0 Å². The second-order valence-electron chi connectivity index (χ2n) is 5.96. The number of hydrogen-bond acceptors (Lipinski definition) is 4. The fourth-order valence-corrected chi connectivity index (χ4v) is 4.02. The van der Waals surface area contributed by atoms with Crippen LogP contribution in [0.2, 0.25) is 5.02 Å². The van der Waals surface area contributed by atoms with Crippen molar-refractivity contribution in [1.29, 1.82) is 0 Å². The Morgan fingerprint density at radius 2 is 1.96 bits per heavy atom. The Hall–Kier alpha value is -2.09. The van der Waals surface area contributed by atoms with E-state index in [9.17, 15) is 13.2 Å². The average Bonchev–Trinajstić information content (AvgIpc) is 3.14. The Balaban J connectivity index is 1.68. The largest absolute Gasteiger partial charge is 0.376 e. The van der Waals surface area contributed by atoms with Gasteiger partial charge in [0.2, 0.25) is 0 Å². The van der Waals surface area contributed by atoms with Gasteiger partial charge in [0, 0.05) is 13.2 Å². The molecule has 1 atom stereocenters. The highest BCUT2D eigenvalue weighted by Gasteiger charge is 2.19. The van der Waals surface area contributed by atoms with Crippen LogP contribution in [0.1, 0.15) is 23.2 Å². The van der Waals surface area contributed by atoms with Gasteiger partial charge < -0.3 is 10.1 Å². The Morgan fingerprint density at radius 3 is 2.62 bits per heavy atom. The molecule has 2 aromatic carbocycles. The van der Waals surface area contributed by atoms with E-state index in [1.54, 1.807) is 18.2 Å². The molecule has 0 aliphatic carbocycles. The van der Waals surface area contributed by atoms with E-state index >= 15 is 0 Å². The Bertz CT molecular complexity index is 881. The Labute approximate surface area is 157 Å². The normalized spacial score (nSPS) is 17.0. The van der Waals surface area contributed by atoms with E-state index in [1.807, 2.05) is 0 Å². The highest BCUT2D eigenvalue weighted by molar-refractivity contribution is 7.92. The number of sulfonamides is 1. The van der Waals surface area contributed by atoms with Crippen LogP contribution in [0.3, 0.4) is 0 Å². The zero-order valence-corrected chi connectivity index (χ0v) is 15.5. The summed E-state index contributed by atoms with van der Waals surface area (Å²) in [5, 5.41) is 2.96. The van der Waals surface area contributed by atoms with Crippen LogP contribution in [0.4, 0.5) is 5.69 Å². The molecular formula is C18H19ClN2O4S. The number of nitrogens with one attached hydrogen (secondary N) is 2. The monoisotopic (exact) mass is 394 g/mol. The SMILES string of the molecule is O=C(NC[C@@H]1CCCO1)c1ccc(NS(=O)(=O)c2ccccc2)cc1Cl. The average molecular weight is 395 g/mol. The summed E-state index contributed by atoms with van der Waals surface area (Å²) >= 11 is 6.17. The number of carbonyl (C=O) groups excluding carboxylic acids is 1. The number of anilines is 1. The fraction of sp³-hybridized carbons (Fsp3) is 0.278. The predicted molar refractivity (Wildman–Crippen MR) is 100 cm³/mol. The lowest BCUT2D eigenvalue weighted by atomic mass is 10.2. The Morgan fingerprint density at radius 1 is 1.19 bits per heavy atom. The molecule has 1 saturated heterocycles. The lowest BCUT2D eigenvalue weighted by Crippen LogP contribution is -2.31. The van der Waals surface area contributed by atoms with Gasteiger partial charge in [0.1, 0.15) is 0 Å². The molecule has 26 heavy (non-hydrogen) atoms. The molecule has 8 heteroatoms. The molecule has 1 amide bonds. The first kappa shape index (κ1) is 18.7. The summed E-state index contributed by atoms with van der Waals surface area (Å²) in [6.45, 7) is 1.15. The summed E-state index contributed by atoms with van der Waals surface area (Å²) in [4.78, 5) is 12.4. The zero-order chi connectivity index (χ0) is 18.6. The number of ether oxygens (including phenoxy) is 1. The highest BCUT2D eigenvalue weighted by atomic mass is 35.5. The zero-order valence-electron chi connectivity index (χ0n) is 13.9. The van der Waals surface area contributed by atoms with Crippen LogP contribution in [0, 0.1) is 0 Å². The molecule has 0 unspecified atom stereocenters. The Kier molecular flexibility index (Phi) is 5.80. The van der Waals surface area contributed by atoms with Crippen molar-refractivity contribution in [2.24, 2.45) is 0 Å². The van der Waals surface area contributed by atoms with Crippen LogP contribution >= 0.6 is 11.6 Å². The molecule has 0 spiro atoms. The number of halogens is 1. The first-order chi connectivity index (χ1) is 12.5. The van der Waals surface area contributed by atoms with Crippen molar-refractivity contribution in [2.75, 3.05) is 17.9 Å². The maximum atomic E-state index is 12.3. The van der Waals surface area contributed by atoms with E-state index < -0.39 is 10.0 Å². The van der Waals surface area contributed by atoms with Crippen molar-refractivity contribution >= 4 is 33.2 Å². The summed E-state index contributed by atoms with van der Waals surface area (Å²) in [5.74, 6) is -0.317. The van der Waals surface area contributed by atoms with Gasteiger partial charge in [-0.25, -0.2) is 8.42 Å². The first-order valence-corrected chi connectivity index (χ1v) is 10.1. The number of amides is 1. The minimum absolute atomic E-state index is 0.0367. The van der Waals surface area contributed by atoms with Crippen molar-refractivity contribution in [2.45, 2.75) is 23.8 Å². The lowest BCUT2D eigenvalue weighted by Gasteiger charge is -2.13. The second kappa shape index (κ2) is 8.07. The van der Waals surface area contributed by atoms with Crippen LogP contribution in [0.5, 0.6) is 0 Å². The number of benzene rings is 2. The first-order valence-electron chi connectivity index (χ1n) is 8.23. The summed E-state index contributed by atoms with van der Waals surface area (Å²) in [6.07, 6.45) is 1.96. The van der Waals surface area contributed by atoms with E-state index in [0.717, 1.165) is 19.4 Å². The molecule has 1 fully saturated rings. The summed E-state index contributed by atoms with van der Waals surface area (Å²) in [7, 11) is -3.71. The molecule has 138 valence electrons. The van der Waals surface area contributed by atoms with E-state index in [1.165, 1.54) is 30.3 Å². The van der Waals surface area contributed by atoms with Crippen LogP contribution in [0.25, 0.3) is 0 Å². The molecular weight excluding hydrogens is 376 g/mol. The van der Waals surface area contributed by atoms with Crippen LogP contribution in [0.15, 0.2) is 53.4 Å². The molecule has 1 aliphatic rings. The molecule has 2 N–H and O–H groups in total. The third kappa shape index (κ3) is 4.55. The van der Waals surface area contributed by atoms with Gasteiger partial charge in [0.05, 0.1) is 27.3 Å². The fourth-order valence-electron chi connectivity index (χ4n) is 2.68. The minimum atomic E-state index is -3.71. The van der Waals surface area contributed by atoms with E-state index in [2.05, 4.69) is 10.0 Å². The third-order valence-electron chi connectivity index (χ3n) is 4.03. The molecule has 2 aromatic rings. The van der Waals surface area contributed by atoms with Crippen molar-refractivity contribution in [3.05, 3.63) is 59.1 Å². The molecule has 0 aromatic heterocycles. The quantitative estimate of drug-likeness (QED) is 0.788. The van der Waals surface area contributed by atoms with E-state index in [-0.39, 0.29) is 33.2 Å². The molecule has 0 radical (unpaired) electrons. The second-order valence-corrected chi connectivity index (χ2v) is 8.05. The minimum Gasteiger partial charge on any atom is -0.376 e. The summed E-state index contributed by atoms with van der Waals surface area (Å²) < 4.78 is 32.6. The molecule has 0 saturated carbocycles. The van der Waals surface area contributed by atoms with Crippen molar-refractivity contribution in [1.82, 2.24) is 5.32 Å². The number of carbonyl (C=O) groups is 1. The van der Waals surface area contributed by atoms with Crippen molar-refractivity contribution in [3.8, 4) is 0 Å². The van der Waals surface area contributed by atoms with Crippen LogP contribution in [-0.2, 0) is 14.8 Å². The summed E-state index contributed by atoms with van der Waals surface area (Å²) in [6, 6.07) is 12.4. The maximum absolute atomic E-state index is 12.3. The van der Waals surface area contributed by atoms with Gasteiger partial charge in [-0.2, -0.15) is 0 Å². The van der Waals surface area contributed by atoms with Gasteiger partial charge in [0.25, 0.3) is 15.9 Å². The highest BCUT2D eigenvalue weighted by Crippen LogP contribution is 2.23. The van der Waals surface area contributed by atoms with Gasteiger partial charge in [-0.15, -0.1) is 0 Å². The molecule has 1 heterocycles. The van der Waals surface area contributed by atoms with E-state index in [4.69, 9.17) is 16.3 Å². The maximum Gasteiger partial charge on any atom is 0.261 e. The standard InChI is InChI=1S/C18H19ClN2O4S/c19-17-11-13(21-26(23,24)15-6-2-1-3-7-15)8-9-16(17)18(22)20-12-14-5-4-10-25-14/h1-3,6-9,11,14,21H,4-5,10,12H2,(H,20,22)/t14-/m0/s1. The van der Waals surface area contributed by atoms with Gasteiger partial charge in [-0.3, -0.25) is 9.52 Å². The molecule has 1 aliphatic heterocycles.